The van der Waals surface area contributed by atoms with Crippen molar-refractivity contribution in [2.24, 2.45) is 0 Å². The number of hydrogen-bond donors (Lipinski definition) is 2. The topological polar surface area (TPSA) is 75.6 Å². The van der Waals surface area contributed by atoms with Gasteiger partial charge in [0, 0.05) is 35.5 Å². The highest BCUT2D eigenvalue weighted by atomic mass is 32.1. The molecular formula is C23H18N6S. The molecule has 30 heavy (non-hydrogen) atoms. The summed E-state index contributed by atoms with van der Waals surface area (Å²) < 4.78 is 1.20. The number of nitrogens with one attached hydrogen (secondary N) is 2. The fourth-order valence-electron chi connectivity index (χ4n) is 3.48. The molecule has 0 amide bonds. The van der Waals surface area contributed by atoms with Gasteiger partial charge in [0.15, 0.2) is 0 Å². The molecule has 1 saturated carbocycles. The van der Waals surface area contributed by atoms with Crippen LogP contribution in [0.4, 0.5) is 23.0 Å². The Hall–Kier alpha value is -3.58. The van der Waals surface area contributed by atoms with E-state index >= 15 is 0 Å². The van der Waals surface area contributed by atoms with E-state index in [4.69, 9.17) is 9.97 Å². The molecule has 0 saturated heterocycles. The quantitative estimate of drug-likeness (QED) is 0.370. The summed E-state index contributed by atoms with van der Waals surface area (Å²) in [6, 6.07) is 16.0. The molecule has 1 aromatic carbocycles. The summed E-state index contributed by atoms with van der Waals surface area (Å²) in [5.74, 6) is 2.15. The van der Waals surface area contributed by atoms with Crippen LogP contribution in [0.25, 0.3) is 21.1 Å². The summed E-state index contributed by atoms with van der Waals surface area (Å²) in [6.07, 6.45) is 7.85. The fourth-order valence-corrected chi connectivity index (χ4v) is 4.66. The second kappa shape index (κ2) is 7.03. The van der Waals surface area contributed by atoms with Gasteiger partial charge in [-0.2, -0.15) is 0 Å². The summed E-state index contributed by atoms with van der Waals surface area (Å²) in [4.78, 5) is 18.3. The van der Waals surface area contributed by atoms with E-state index in [1.54, 1.807) is 29.9 Å². The molecule has 4 heterocycles. The lowest BCUT2D eigenvalue weighted by atomic mass is 10.2. The van der Waals surface area contributed by atoms with Crippen LogP contribution in [-0.2, 0) is 0 Å². The molecule has 0 bridgehead atoms. The SMILES string of the molecule is c1cncc(Nc2cc3ncccc3c(Nc3ccc4nc(C5CC5)sc4c3)n2)c1. The van der Waals surface area contributed by atoms with E-state index in [2.05, 4.69) is 38.8 Å². The van der Waals surface area contributed by atoms with E-state index in [-0.39, 0.29) is 0 Å². The highest BCUT2D eigenvalue weighted by Gasteiger charge is 2.27. The lowest BCUT2D eigenvalue weighted by molar-refractivity contribution is 1.10. The van der Waals surface area contributed by atoms with Gasteiger partial charge in [0.25, 0.3) is 0 Å². The number of anilines is 4. The van der Waals surface area contributed by atoms with Gasteiger partial charge in [0.05, 0.1) is 32.6 Å². The van der Waals surface area contributed by atoms with Crippen molar-refractivity contribution in [2.75, 3.05) is 10.6 Å². The lowest BCUT2D eigenvalue weighted by Gasteiger charge is -2.12. The highest BCUT2D eigenvalue weighted by molar-refractivity contribution is 7.18. The van der Waals surface area contributed by atoms with Crippen LogP contribution >= 0.6 is 11.3 Å². The second-order valence-electron chi connectivity index (χ2n) is 7.43. The first-order valence-corrected chi connectivity index (χ1v) is 10.7. The molecule has 1 aliphatic rings. The van der Waals surface area contributed by atoms with Gasteiger partial charge >= 0.3 is 0 Å². The van der Waals surface area contributed by atoms with Crippen LogP contribution in [0, 0.1) is 0 Å². The molecule has 7 heteroatoms. The van der Waals surface area contributed by atoms with Crippen LogP contribution in [0.15, 0.2) is 67.1 Å². The van der Waals surface area contributed by atoms with Gasteiger partial charge in [-0.1, -0.05) is 0 Å². The standard InChI is InChI=1S/C23H18N6S/c1-3-16(13-24-9-1)26-21-12-19-17(4-2-10-25-19)22(29-21)27-15-7-8-18-20(11-15)30-23(28-18)14-5-6-14/h1-4,7-14H,5-6H2,(H2,26,27,29). The van der Waals surface area contributed by atoms with Crippen LogP contribution in [0.3, 0.4) is 0 Å². The number of benzene rings is 1. The summed E-state index contributed by atoms with van der Waals surface area (Å²) in [7, 11) is 0. The molecule has 0 aliphatic heterocycles. The molecule has 6 nitrogen and oxygen atoms in total. The molecule has 146 valence electrons. The number of rotatable bonds is 5. The molecule has 6 rings (SSSR count). The van der Waals surface area contributed by atoms with Crippen molar-refractivity contribution in [2.45, 2.75) is 18.8 Å². The minimum atomic E-state index is 0.672. The Morgan fingerprint density at radius 2 is 1.80 bits per heavy atom. The van der Waals surface area contributed by atoms with Crippen molar-refractivity contribution in [3.63, 3.8) is 0 Å². The zero-order valence-corrected chi connectivity index (χ0v) is 16.9. The maximum Gasteiger partial charge on any atom is 0.142 e. The third kappa shape index (κ3) is 3.33. The maximum atomic E-state index is 4.81. The number of thiazole rings is 1. The Morgan fingerprint density at radius 1 is 0.867 bits per heavy atom. The molecule has 0 unspecified atom stereocenters. The van der Waals surface area contributed by atoms with E-state index in [0.717, 1.165) is 33.6 Å². The summed E-state index contributed by atoms with van der Waals surface area (Å²) in [6.45, 7) is 0. The molecule has 0 atom stereocenters. The Morgan fingerprint density at radius 3 is 2.67 bits per heavy atom. The molecule has 0 radical (unpaired) electrons. The zero-order chi connectivity index (χ0) is 19.9. The Labute approximate surface area is 177 Å². The first kappa shape index (κ1) is 17.3. The van der Waals surface area contributed by atoms with Gasteiger partial charge in [0.1, 0.15) is 11.6 Å². The van der Waals surface area contributed by atoms with E-state index < -0.39 is 0 Å². The fraction of sp³-hybridized carbons (Fsp3) is 0.130. The smallest absolute Gasteiger partial charge is 0.142 e. The number of nitrogens with zero attached hydrogens (tertiary/aromatic N) is 4. The maximum absolute atomic E-state index is 4.81. The monoisotopic (exact) mass is 410 g/mol. The summed E-state index contributed by atoms with van der Waals surface area (Å²) >= 11 is 1.80. The molecule has 5 aromatic rings. The van der Waals surface area contributed by atoms with E-state index in [1.165, 1.54) is 22.5 Å². The van der Waals surface area contributed by atoms with Crippen LogP contribution in [0.1, 0.15) is 23.8 Å². The Balaban J connectivity index is 1.38. The number of hydrogen-bond acceptors (Lipinski definition) is 7. The lowest BCUT2D eigenvalue weighted by Crippen LogP contribution is -2.00. The normalized spacial score (nSPS) is 13.6. The van der Waals surface area contributed by atoms with Gasteiger partial charge in [-0.05, 0) is 55.3 Å². The predicted octanol–water partition coefficient (Wildman–Crippen LogP) is 6.00. The van der Waals surface area contributed by atoms with Gasteiger partial charge in [0.2, 0.25) is 0 Å². The van der Waals surface area contributed by atoms with Crippen LogP contribution in [-0.4, -0.2) is 19.9 Å². The number of fused-ring (bicyclic) bond motifs is 2. The largest absolute Gasteiger partial charge is 0.340 e. The predicted molar refractivity (Wildman–Crippen MR) is 122 cm³/mol. The molecule has 1 fully saturated rings. The van der Waals surface area contributed by atoms with Crippen LogP contribution < -0.4 is 10.6 Å². The van der Waals surface area contributed by atoms with E-state index in [0.29, 0.717) is 11.7 Å². The highest BCUT2D eigenvalue weighted by Crippen LogP contribution is 2.43. The Bertz CT molecular complexity index is 1360. The molecular weight excluding hydrogens is 392 g/mol. The van der Waals surface area contributed by atoms with Crippen LogP contribution in [0.2, 0.25) is 0 Å². The first-order valence-electron chi connectivity index (χ1n) is 9.92. The third-order valence-corrected chi connectivity index (χ3v) is 6.31. The molecule has 1 aliphatic carbocycles. The minimum Gasteiger partial charge on any atom is -0.340 e. The van der Waals surface area contributed by atoms with Gasteiger partial charge < -0.3 is 10.6 Å². The molecule has 0 spiro atoms. The van der Waals surface area contributed by atoms with Crippen molar-refractivity contribution in [1.29, 1.82) is 0 Å². The van der Waals surface area contributed by atoms with Crippen molar-refractivity contribution < 1.29 is 0 Å². The average Bonchev–Trinajstić information content (AvgIpc) is 3.54. The zero-order valence-electron chi connectivity index (χ0n) is 16.0. The van der Waals surface area contributed by atoms with Crippen molar-refractivity contribution in [3.8, 4) is 0 Å². The summed E-state index contributed by atoms with van der Waals surface area (Å²) in [5.41, 5.74) is 3.81. The number of pyridine rings is 3. The first-order chi connectivity index (χ1) is 14.8. The minimum absolute atomic E-state index is 0.672. The third-order valence-electron chi connectivity index (χ3n) is 5.13. The van der Waals surface area contributed by atoms with Gasteiger partial charge in [-0.15, -0.1) is 11.3 Å². The summed E-state index contributed by atoms with van der Waals surface area (Å²) in [5, 5.41) is 9.04. The average molecular weight is 411 g/mol. The number of aromatic nitrogens is 4. The van der Waals surface area contributed by atoms with Crippen LogP contribution in [0.5, 0.6) is 0 Å². The molecule has 2 N–H and O–H groups in total. The van der Waals surface area contributed by atoms with Gasteiger partial charge in [-0.25, -0.2) is 9.97 Å². The van der Waals surface area contributed by atoms with Crippen molar-refractivity contribution in [1.82, 2.24) is 19.9 Å². The molecule has 4 aromatic heterocycles. The van der Waals surface area contributed by atoms with Crippen molar-refractivity contribution >= 4 is 55.5 Å². The van der Waals surface area contributed by atoms with E-state index in [1.807, 2.05) is 30.3 Å². The second-order valence-corrected chi connectivity index (χ2v) is 8.49. The van der Waals surface area contributed by atoms with E-state index in [9.17, 15) is 0 Å². The Kier molecular flexibility index (Phi) is 4.06. The van der Waals surface area contributed by atoms with Gasteiger partial charge in [-0.3, -0.25) is 9.97 Å². The van der Waals surface area contributed by atoms with Crippen molar-refractivity contribution in [3.05, 3.63) is 72.1 Å².